The molecule has 3 heterocycles. The van der Waals surface area contributed by atoms with Gasteiger partial charge in [0, 0.05) is 37.1 Å². The molecule has 2 aromatic carbocycles. The molecule has 0 aliphatic carbocycles. The standard InChI is InChI=1S/C29H30F3N5O4/c1-17-34-16-23-24(3-2-12-33-26(23)35-17)36-25-9-8-21(41-20-6-4-19(5-7-20)29(30,31)32)15-22(25)27(38)37-13-10-18(11-14-37)28(39)40/h4-9,15-16,18,24,36H,2-3,10-14H2,1H3,(H,39,40)(H,33,34,35). The topological polar surface area (TPSA) is 117 Å². The van der Waals surface area contributed by atoms with Gasteiger partial charge in [-0.05, 0) is 75.1 Å². The van der Waals surface area contributed by atoms with Gasteiger partial charge in [0.2, 0.25) is 0 Å². The molecule has 2 aliphatic rings. The minimum atomic E-state index is -4.46. The summed E-state index contributed by atoms with van der Waals surface area (Å²) in [4.78, 5) is 35.7. The summed E-state index contributed by atoms with van der Waals surface area (Å²) in [6.45, 7) is 3.14. The first-order valence-corrected chi connectivity index (χ1v) is 13.4. The molecule has 1 fully saturated rings. The number of benzene rings is 2. The zero-order valence-corrected chi connectivity index (χ0v) is 22.4. The maximum atomic E-state index is 13.8. The number of carboxylic acid groups (broad SMARTS) is 1. The first-order valence-electron chi connectivity index (χ1n) is 13.4. The molecule has 2 aliphatic heterocycles. The van der Waals surface area contributed by atoms with Crippen molar-refractivity contribution in [3.05, 3.63) is 71.2 Å². The largest absolute Gasteiger partial charge is 0.481 e. The summed E-state index contributed by atoms with van der Waals surface area (Å²) in [6.07, 6.45) is -0.376. The number of hydrogen-bond donors (Lipinski definition) is 3. The molecule has 3 aromatic rings. The molecule has 1 atom stereocenters. The minimum Gasteiger partial charge on any atom is -0.481 e. The summed E-state index contributed by atoms with van der Waals surface area (Å²) in [5.74, 6) is 0.188. The number of rotatable bonds is 6. The van der Waals surface area contributed by atoms with Crippen LogP contribution in [-0.2, 0) is 11.0 Å². The van der Waals surface area contributed by atoms with Crippen LogP contribution in [0.25, 0.3) is 0 Å². The molecule has 9 nitrogen and oxygen atoms in total. The average Bonchev–Trinajstić information content (AvgIpc) is 3.14. The second-order valence-corrected chi connectivity index (χ2v) is 10.2. The van der Waals surface area contributed by atoms with Crippen LogP contribution < -0.4 is 15.4 Å². The molecular weight excluding hydrogens is 539 g/mol. The van der Waals surface area contributed by atoms with Crippen molar-refractivity contribution in [2.24, 2.45) is 5.92 Å². The van der Waals surface area contributed by atoms with E-state index in [0.29, 0.717) is 43.0 Å². The third kappa shape index (κ3) is 6.53. The summed E-state index contributed by atoms with van der Waals surface area (Å²) in [6, 6.07) is 9.06. The normalized spacial score (nSPS) is 17.7. The number of amides is 1. The van der Waals surface area contributed by atoms with Crippen LogP contribution >= 0.6 is 0 Å². The van der Waals surface area contributed by atoms with E-state index in [1.54, 1.807) is 29.3 Å². The van der Waals surface area contributed by atoms with Gasteiger partial charge in [0.1, 0.15) is 23.1 Å². The second-order valence-electron chi connectivity index (χ2n) is 10.2. The number of nitrogens with one attached hydrogen (secondary N) is 2. The maximum absolute atomic E-state index is 13.8. The Bertz CT molecular complexity index is 1420. The molecule has 0 spiro atoms. The number of carboxylic acids is 1. The lowest BCUT2D eigenvalue weighted by Gasteiger charge is -2.31. The molecule has 0 bridgehead atoms. The summed E-state index contributed by atoms with van der Waals surface area (Å²) in [5, 5.41) is 16.2. The number of aromatic nitrogens is 2. The number of aliphatic carboxylic acids is 1. The second kappa shape index (κ2) is 11.6. The first kappa shape index (κ1) is 28.2. The van der Waals surface area contributed by atoms with Crippen molar-refractivity contribution in [3.63, 3.8) is 0 Å². The van der Waals surface area contributed by atoms with E-state index in [0.717, 1.165) is 42.9 Å². The van der Waals surface area contributed by atoms with Crippen LogP contribution in [0.15, 0.2) is 48.7 Å². The van der Waals surface area contributed by atoms with Crippen LogP contribution in [0.3, 0.4) is 0 Å². The monoisotopic (exact) mass is 569 g/mol. The van der Waals surface area contributed by atoms with E-state index in [4.69, 9.17) is 4.74 Å². The Morgan fingerprint density at radius 3 is 2.46 bits per heavy atom. The van der Waals surface area contributed by atoms with E-state index in [9.17, 15) is 27.9 Å². The van der Waals surface area contributed by atoms with Gasteiger partial charge in [-0.2, -0.15) is 13.2 Å². The van der Waals surface area contributed by atoms with Crippen molar-refractivity contribution in [3.8, 4) is 11.5 Å². The van der Waals surface area contributed by atoms with Crippen LogP contribution in [0.4, 0.5) is 24.7 Å². The molecule has 0 radical (unpaired) electrons. The fraction of sp³-hybridized carbons (Fsp3) is 0.379. The molecule has 1 saturated heterocycles. The van der Waals surface area contributed by atoms with E-state index in [2.05, 4.69) is 20.6 Å². The predicted molar refractivity (Wildman–Crippen MR) is 145 cm³/mol. The molecule has 1 amide bonds. The third-order valence-corrected chi connectivity index (χ3v) is 7.37. The number of hydrogen-bond acceptors (Lipinski definition) is 7. The van der Waals surface area contributed by atoms with Gasteiger partial charge in [-0.3, -0.25) is 9.59 Å². The molecule has 5 rings (SSSR count). The average molecular weight is 570 g/mol. The van der Waals surface area contributed by atoms with E-state index in [1.807, 2.05) is 6.92 Å². The van der Waals surface area contributed by atoms with Gasteiger partial charge in [0.05, 0.1) is 23.1 Å². The van der Waals surface area contributed by atoms with Gasteiger partial charge in [-0.25, -0.2) is 9.97 Å². The lowest BCUT2D eigenvalue weighted by Crippen LogP contribution is -2.40. The lowest BCUT2D eigenvalue weighted by molar-refractivity contribution is -0.143. The zero-order chi connectivity index (χ0) is 29.1. The van der Waals surface area contributed by atoms with Crippen molar-refractivity contribution in [2.75, 3.05) is 30.3 Å². The Morgan fingerprint density at radius 1 is 1.07 bits per heavy atom. The number of halogens is 3. The molecule has 41 heavy (non-hydrogen) atoms. The molecule has 3 N–H and O–H groups in total. The van der Waals surface area contributed by atoms with Crippen molar-refractivity contribution in [1.29, 1.82) is 0 Å². The summed E-state index contributed by atoms with van der Waals surface area (Å²) < 4.78 is 44.8. The van der Waals surface area contributed by atoms with Crippen LogP contribution in [0.1, 0.15) is 59.0 Å². The van der Waals surface area contributed by atoms with Crippen molar-refractivity contribution < 1.29 is 32.6 Å². The van der Waals surface area contributed by atoms with Crippen molar-refractivity contribution >= 4 is 23.4 Å². The van der Waals surface area contributed by atoms with Gasteiger partial charge in [0.15, 0.2) is 0 Å². The number of alkyl halides is 3. The minimum absolute atomic E-state index is 0.188. The number of likely N-dealkylation sites (tertiary alicyclic amines) is 1. The van der Waals surface area contributed by atoms with Crippen LogP contribution in [0.5, 0.6) is 11.5 Å². The molecule has 1 aromatic heterocycles. The number of fused-ring (bicyclic) bond motifs is 1. The number of carbonyl (C=O) groups is 2. The molecular formula is C29H30F3N5O4. The van der Waals surface area contributed by atoms with Crippen molar-refractivity contribution in [1.82, 2.24) is 14.9 Å². The Morgan fingerprint density at radius 2 is 1.78 bits per heavy atom. The predicted octanol–water partition coefficient (Wildman–Crippen LogP) is 5.89. The quantitative estimate of drug-likeness (QED) is 0.337. The van der Waals surface area contributed by atoms with Gasteiger partial charge in [-0.1, -0.05) is 0 Å². The zero-order valence-electron chi connectivity index (χ0n) is 22.4. The lowest BCUT2D eigenvalue weighted by atomic mass is 9.96. The Balaban J connectivity index is 1.44. The summed E-state index contributed by atoms with van der Waals surface area (Å²) >= 11 is 0. The van der Waals surface area contributed by atoms with E-state index >= 15 is 0 Å². The maximum Gasteiger partial charge on any atom is 0.416 e. The van der Waals surface area contributed by atoms with E-state index < -0.39 is 23.6 Å². The highest BCUT2D eigenvalue weighted by Crippen LogP contribution is 2.36. The van der Waals surface area contributed by atoms with Crippen LogP contribution in [0, 0.1) is 12.8 Å². The van der Waals surface area contributed by atoms with Crippen molar-refractivity contribution in [2.45, 2.75) is 44.8 Å². The molecule has 12 heteroatoms. The number of ether oxygens (including phenoxy) is 1. The number of piperidine rings is 1. The highest BCUT2D eigenvalue weighted by molar-refractivity contribution is 6.00. The first-order chi connectivity index (χ1) is 19.6. The number of nitrogens with zero attached hydrogens (tertiary/aromatic N) is 3. The molecule has 1 unspecified atom stereocenters. The highest BCUT2D eigenvalue weighted by Gasteiger charge is 2.31. The number of aryl methyl sites for hydroxylation is 1. The molecule has 0 saturated carbocycles. The van der Waals surface area contributed by atoms with Gasteiger partial charge >= 0.3 is 12.1 Å². The summed E-state index contributed by atoms with van der Waals surface area (Å²) in [5.41, 5.74) is 0.949. The fourth-order valence-electron chi connectivity index (χ4n) is 5.12. The highest BCUT2D eigenvalue weighted by atomic mass is 19.4. The number of anilines is 2. The van der Waals surface area contributed by atoms with Crippen LogP contribution in [0.2, 0.25) is 0 Å². The van der Waals surface area contributed by atoms with Gasteiger partial charge < -0.3 is 25.4 Å². The van der Waals surface area contributed by atoms with E-state index in [-0.39, 0.29) is 23.4 Å². The van der Waals surface area contributed by atoms with Gasteiger partial charge in [-0.15, -0.1) is 0 Å². The Labute approximate surface area is 234 Å². The number of carbonyl (C=O) groups excluding carboxylic acids is 1. The fourth-order valence-corrected chi connectivity index (χ4v) is 5.12. The van der Waals surface area contributed by atoms with E-state index in [1.165, 1.54) is 12.1 Å². The Kier molecular flexibility index (Phi) is 8.00. The van der Waals surface area contributed by atoms with Crippen LogP contribution in [-0.4, -0.2) is 51.5 Å². The summed E-state index contributed by atoms with van der Waals surface area (Å²) in [7, 11) is 0. The smallest absolute Gasteiger partial charge is 0.416 e. The Hall–Kier alpha value is -4.35. The third-order valence-electron chi connectivity index (χ3n) is 7.37. The van der Waals surface area contributed by atoms with Gasteiger partial charge in [0.25, 0.3) is 5.91 Å². The SMILES string of the molecule is Cc1ncc2c(n1)NCCCC2Nc1ccc(Oc2ccc(C(F)(F)F)cc2)cc1C(=O)N1CCC(C(=O)O)CC1. The molecule has 216 valence electrons.